The normalized spacial score (nSPS) is 20.0. The molecule has 1 atom stereocenters. The lowest BCUT2D eigenvalue weighted by Gasteiger charge is -2.41. The van der Waals surface area contributed by atoms with Gasteiger partial charge in [0.05, 0.1) is 11.5 Å². The molecule has 4 nitrogen and oxygen atoms in total. The number of halogens is 2. The number of benzene rings is 2. The summed E-state index contributed by atoms with van der Waals surface area (Å²) in [4.78, 5) is 16.1. The second-order valence-electron chi connectivity index (χ2n) is 8.47. The number of amidine groups is 1. The van der Waals surface area contributed by atoms with Gasteiger partial charge < -0.3 is 5.11 Å². The van der Waals surface area contributed by atoms with Crippen LogP contribution in [0.3, 0.4) is 0 Å². The fraction of sp³-hybridized carbons (Fsp3) is 0.185. The molecule has 0 amide bonds. The predicted octanol–water partition coefficient (Wildman–Crippen LogP) is 7.92. The highest BCUT2D eigenvalue weighted by Crippen LogP contribution is 2.49. The molecule has 2 aromatic carbocycles. The van der Waals surface area contributed by atoms with Crippen LogP contribution in [-0.2, 0) is 4.79 Å². The van der Waals surface area contributed by atoms with Crippen LogP contribution in [0.1, 0.15) is 41.2 Å². The van der Waals surface area contributed by atoms with Crippen molar-refractivity contribution in [1.82, 2.24) is 0 Å². The molecular formula is C27H22Cl2N2O2S. The van der Waals surface area contributed by atoms with Crippen LogP contribution < -0.4 is 4.90 Å². The number of nitrogens with one attached hydrogen (secondary N) is 1. The smallest absolute Gasteiger partial charge is 0.161 e. The molecule has 0 saturated carbocycles. The molecule has 2 aliphatic rings. The van der Waals surface area contributed by atoms with Crippen LogP contribution in [0.25, 0.3) is 5.76 Å². The molecule has 0 bridgehead atoms. The van der Waals surface area contributed by atoms with Gasteiger partial charge in [0.1, 0.15) is 11.6 Å². The molecule has 34 heavy (non-hydrogen) atoms. The van der Waals surface area contributed by atoms with Gasteiger partial charge in [-0.1, -0.05) is 35.3 Å². The summed E-state index contributed by atoms with van der Waals surface area (Å²) in [6.07, 6.45) is 1.84. The van der Waals surface area contributed by atoms with Crippen molar-refractivity contribution in [2.75, 3.05) is 4.90 Å². The summed E-state index contributed by atoms with van der Waals surface area (Å²) in [6, 6.07) is 16.4. The number of hydrogen-bond donors (Lipinski definition) is 2. The van der Waals surface area contributed by atoms with Gasteiger partial charge in [0, 0.05) is 43.9 Å². The van der Waals surface area contributed by atoms with E-state index < -0.39 is 5.92 Å². The quantitative estimate of drug-likeness (QED) is 0.353. The Labute approximate surface area is 212 Å². The third-order valence-electron chi connectivity index (χ3n) is 6.37. The van der Waals surface area contributed by atoms with Crippen molar-refractivity contribution in [3.05, 3.63) is 103 Å². The SMILES string of the molecule is Cc1ccc(N2C(=N)/C(=C(/O)c3ccc(Cl)cc3)C(c3cccs3)C3=C2CCCC3=O)cc1Cl. The van der Waals surface area contributed by atoms with Gasteiger partial charge in [-0.05, 0) is 73.2 Å². The molecule has 172 valence electrons. The Kier molecular flexibility index (Phi) is 6.11. The molecule has 0 saturated heterocycles. The Morgan fingerprint density at radius 3 is 2.56 bits per heavy atom. The van der Waals surface area contributed by atoms with E-state index in [-0.39, 0.29) is 17.4 Å². The minimum absolute atomic E-state index is 0.0341. The zero-order valence-electron chi connectivity index (χ0n) is 18.4. The van der Waals surface area contributed by atoms with Gasteiger partial charge in [-0.2, -0.15) is 0 Å². The summed E-state index contributed by atoms with van der Waals surface area (Å²) in [6.45, 7) is 1.92. The molecule has 5 rings (SSSR count). The van der Waals surface area contributed by atoms with E-state index in [9.17, 15) is 15.3 Å². The highest BCUT2D eigenvalue weighted by molar-refractivity contribution is 7.10. The number of aliphatic hydroxyl groups excluding tert-OH is 1. The maximum absolute atomic E-state index is 13.4. The number of carbonyl (C=O) groups excluding carboxylic acids is 1. The molecule has 3 aromatic rings. The van der Waals surface area contributed by atoms with Crippen molar-refractivity contribution in [2.24, 2.45) is 0 Å². The van der Waals surface area contributed by atoms with Gasteiger partial charge in [0.15, 0.2) is 5.78 Å². The lowest BCUT2D eigenvalue weighted by molar-refractivity contribution is -0.116. The number of carbonyl (C=O) groups is 1. The van der Waals surface area contributed by atoms with Gasteiger partial charge in [-0.15, -0.1) is 11.3 Å². The van der Waals surface area contributed by atoms with Crippen LogP contribution in [-0.4, -0.2) is 16.7 Å². The minimum atomic E-state index is -0.511. The molecule has 2 heterocycles. The van der Waals surface area contributed by atoms with E-state index in [1.54, 1.807) is 29.2 Å². The predicted molar refractivity (Wildman–Crippen MR) is 140 cm³/mol. The summed E-state index contributed by atoms with van der Waals surface area (Å²) < 4.78 is 0. The van der Waals surface area contributed by atoms with E-state index in [1.807, 2.05) is 42.6 Å². The van der Waals surface area contributed by atoms with Gasteiger partial charge in [-0.3, -0.25) is 15.1 Å². The first-order valence-electron chi connectivity index (χ1n) is 11.0. The van der Waals surface area contributed by atoms with Crippen LogP contribution in [0.4, 0.5) is 5.69 Å². The Morgan fingerprint density at radius 1 is 1.12 bits per heavy atom. The standard InChI is InChI=1S/C27H22Cl2N2O2S/c1-15-7-12-18(14-19(15)29)31-20-4-2-5-21(32)23(20)24(22-6-3-13-34-22)25(27(31)30)26(33)16-8-10-17(28)11-9-16/h3,6-14,24,30,33H,2,4-5H2,1H3/b26-25+,30-27?. The van der Waals surface area contributed by atoms with Crippen LogP contribution in [0.5, 0.6) is 0 Å². The third-order valence-corrected chi connectivity index (χ3v) is 7.97. The first kappa shape index (κ1) is 22.9. The first-order chi connectivity index (χ1) is 16.4. The zero-order valence-corrected chi connectivity index (χ0v) is 20.8. The molecular weight excluding hydrogens is 487 g/mol. The molecule has 0 radical (unpaired) electrons. The Bertz CT molecular complexity index is 1360. The lowest BCUT2D eigenvalue weighted by Crippen LogP contribution is -2.42. The van der Waals surface area contributed by atoms with Crippen molar-refractivity contribution in [1.29, 1.82) is 5.41 Å². The van der Waals surface area contributed by atoms with Crippen molar-refractivity contribution < 1.29 is 9.90 Å². The first-order valence-corrected chi connectivity index (χ1v) is 12.6. The Hall–Kier alpha value is -2.86. The second kappa shape index (κ2) is 9.06. The number of anilines is 1. The van der Waals surface area contributed by atoms with E-state index in [4.69, 9.17) is 23.2 Å². The fourth-order valence-electron chi connectivity index (χ4n) is 4.70. The summed E-state index contributed by atoms with van der Waals surface area (Å²) in [7, 11) is 0. The maximum atomic E-state index is 13.4. The number of thiophene rings is 1. The van der Waals surface area contributed by atoms with Crippen molar-refractivity contribution >= 4 is 57.6 Å². The van der Waals surface area contributed by atoms with E-state index in [2.05, 4.69) is 0 Å². The number of rotatable bonds is 3. The average Bonchev–Trinajstić information content (AvgIpc) is 3.35. The molecule has 0 fully saturated rings. The molecule has 0 spiro atoms. The number of Topliss-reactive ketones (excluding diaryl/α,β-unsaturated/α-hetero) is 1. The minimum Gasteiger partial charge on any atom is -0.507 e. The topological polar surface area (TPSA) is 64.4 Å². The highest BCUT2D eigenvalue weighted by Gasteiger charge is 2.43. The van der Waals surface area contributed by atoms with E-state index >= 15 is 0 Å². The van der Waals surface area contributed by atoms with Crippen molar-refractivity contribution in [2.45, 2.75) is 32.1 Å². The summed E-state index contributed by atoms with van der Waals surface area (Å²) in [5.74, 6) is -0.354. The highest BCUT2D eigenvalue weighted by atomic mass is 35.5. The fourth-order valence-corrected chi connectivity index (χ4v) is 5.84. The largest absolute Gasteiger partial charge is 0.507 e. The number of ketones is 1. The van der Waals surface area contributed by atoms with E-state index in [1.165, 1.54) is 11.3 Å². The lowest BCUT2D eigenvalue weighted by atomic mass is 9.76. The van der Waals surface area contributed by atoms with E-state index in [0.29, 0.717) is 45.3 Å². The summed E-state index contributed by atoms with van der Waals surface area (Å²) in [5, 5.41) is 23.9. The molecule has 1 aliphatic heterocycles. The maximum Gasteiger partial charge on any atom is 0.161 e. The zero-order chi connectivity index (χ0) is 24.0. The van der Waals surface area contributed by atoms with Gasteiger partial charge >= 0.3 is 0 Å². The van der Waals surface area contributed by atoms with Crippen molar-refractivity contribution in [3.8, 4) is 0 Å². The summed E-state index contributed by atoms with van der Waals surface area (Å²) in [5.41, 5.74) is 4.03. The molecule has 2 N–H and O–H groups in total. The van der Waals surface area contributed by atoms with Crippen LogP contribution in [0.15, 0.2) is 76.8 Å². The van der Waals surface area contributed by atoms with Gasteiger partial charge in [0.25, 0.3) is 0 Å². The van der Waals surface area contributed by atoms with Crippen molar-refractivity contribution in [3.63, 3.8) is 0 Å². The molecule has 1 aromatic heterocycles. The van der Waals surface area contributed by atoms with Crippen LogP contribution >= 0.6 is 34.5 Å². The number of aliphatic hydroxyl groups is 1. The van der Waals surface area contributed by atoms with Gasteiger partial charge in [-0.25, -0.2) is 0 Å². The Morgan fingerprint density at radius 2 is 1.88 bits per heavy atom. The number of allylic oxidation sites excluding steroid dienone is 2. The van der Waals surface area contributed by atoms with Crippen LogP contribution in [0, 0.1) is 12.3 Å². The molecule has 1 unspecified atom stereocenters. The Balaban J connectivity index is 1.81. The van der Waals surface area contributed by atoms with Gasteiger partial charge in [0.2, 0.25) is 0 Å². The van der Waals surface area contributed by atoms with Crippen LogP contribution in [0.2, 0.25) is 10.0 Å². The number of aryl methyl sites for hydroxylation is 1. The van der Waals surface area contributed by atoms with E-state index in [0.717, 1.165) is 22.6 Å². The second-order valence-corrected chi connectivity index (χ2v) is 10.3. The molecule has 7 heteroatoms. The third kappa shape index (κ3) is 3.88. The number of nitrogens with zero attached hydrogens (tertiary/aromatic N) is 1. The monoisotopic (exact) mass is 508 g/mol. The average molecular weight is 509 g/mol. The number of hydrogen-bond acceptors (Lipinski definition) is 4. The summed E-state index contributed by atoms with van der Waals surface area (Å²) >= 11 is 14.0. The molecule has 1 aliphatic carbocycles.